The summed E-state index contributed by atoms with van der Waals surface area (Å²) in [6.45, 7) is -3.52. The van der Waals surface area contributed by atoms with Gasteiger partial charge in [-0.2, -0.15) is 9.97 Å². The third-order valence-corrected chi connectivity index (χ3v) is 16.4. The number of ether oxygens (including phenoxy) is 4. The summed E-state index contributed by atoms with van der Waals surface area (Å²) in [6.07, 6.45) is -10.2. The van der Waals surface area contributed by atoms with E-state index in [0.717, 1.165) is 15.5 Å². The molecule has 39 nitrogen and oxygen atoms in total. The van der Waals surface area contributed by atoms with Crippen molar-refractivity contribution < 1.29 is 98.4 Å². The maximum absolute atomic E-state index is 14.0. The van der Waals surface area contributed by atoms with Crippen molar-refractivity contribution in [2.75, 3.05) is 49.4 Å². The van der Waals surface area contributed by atoms with Gasteiger partial charge in [0, 0.05) is 38.1 Å². The average Bonchev–Trinajstić information content (AvgIpc) is 4.37. The molecule has 4 fully saturated rings. The second-order valence-electron chi connectivity index (χ2n) is 18.3. The van der Waals surface area contributed by atoms with E-state index in [1.807, 2.05) is 0 Å². The second-order valence-corrected chi connectivity index (χ2v) is 23.7. The largest absolute Gasteiger partial charge is 0.472 e. The monoisotopic (exact) mass is 1220 g/mol. The number of aromatic nitrogens is 12. The number of nitrogens with two attached hydrogens (primary N) is 4. The van der Waals surface area contributed by atoms with E-state index in [4.69, 9.17) is 69.0 Å². The number of phosphoric acid groups is 4. The Kier molecular flexibility index (Phi) is 16.7. The normalized spacial score (nSPS) is 29.3. The highest BCUT2D eigenvalue weighted by atomic mass is 31.2. The van der Waals surface area contributed by atoms with Crippen molar-refractivity contribution in [1.82, 2.24) is 58.1 Å². The molecule has 4 saturated heterocycles. The number of hydrogen-bond donors (Lipinski definition) is 10. The van der Waals surface area contributed by atoms with Crippen LogP contribution in [0.4, 0.5) is 23.3 Å². The number of aliphatic hydroxyl groups excluding tert-OH is 1. The molecule has 0 spiro atoms. The molecule has 6 aromatic rings. The molecule has 4 aliphatic rings. The van der Waals surface area contributed by atoms with Crippen molar-refractivity contribution in [3.8, 4) is 0 Å². The Labute approximate surface area is 452 Å². The number of fused-ring (bicyclic) bond motifs is 2. The second kappa shape index (κ2) is 23.2. The van der Waals surface area contributed by atoms with E-state index in [1.165, 1.54) is 52.6 Å². The first-order chi connectivity index (χ1) is 38.3. The van der Waals surface area contributed by atoms with Crippen molar-refractivity contribution in [3.05, 3.63) is 70.8 Å². The molecule has 0 radical (unpaired) electrons. The Morgan fingerprint density at radius 1 is 0.506 bits per heavy atom. The maximum atomic E-state index is 14.0. The standard InChI is InChI=1S/C38H50N16O23P4/c39-25-1-3-51(37(56)49-25)28-6-18(22(72-28)10-67-78(58,59)60)75-80(63,64)70-12-24-20(8-30(74-24)54-16-48-32-34(42)44-14-46-36(32)54)77-81(65,66)69-11-23-19(7-29(73-23)52-4-2-26(40)50-38(52)57)76-79(61,62)68-9-21-17(55)5-27(71-21)53-15-47-31-33(41)43-13-45-35(31)53/h1-4,13-24,27-30,55H,5-12H2,(H,61,62)(H,63,64)(H,65,66)(H2,39,49,56)(H2,40,50,57)(H2,41,43,45)(H2,42,44,46)(H2,58,59,60). The third-order valence-electron chi connectivity index (χ3n) is 12.9. The van der Waals surface area contributed by atoms with E-state index in [-0.39, 0.29) is 52.8 Å². The lowest BCUT2D eigenvalue weighted by Crippen LogP contribution is -2.31. The van der Waals surface area contributed by atoms with Crippen LogP contribution in [0.25, 0.3) is 22.3 Å². The molecule has 0 aliphatic carbocycles. The van der Waals surface area contributed by atoms with E-state index in [9.17, 15) is 57.4 Å². The van der Waals surface area contributed by atoms with Gasteiger partial charge in [0.1, 0.15) is 103 Å². The molecule has 10 rings (SSSR count). The van der Waals surface area contributed by atoms with Gasteiger partial charge in [-0.15, -0.1) is 0 Å². The zero-order valence-corrected chi connectivity index (χ0v) is 44.9. The molecule has 4 aliphatic heterocycles. The average molecular weight is 1220 g/mol. The number of nitrogen functional groups attached to an aromatic ring is 4. The Bertz CT molecular complexity index is 3610. The van der Waals surface area contributed by atoms with Crippen molar-refractivity contribution in [2.24, 2.45) is 0 Å². The van der Waals surface area contributed by atoms with Gasteiger partial charge >= 0.3 is 42.7 Å². The molecule has 15 atom stereocenters. The molecular weight excluding hydrogens is 1170 g/mol. The third kappa shape index (κ3) is 13.6. The molecule has 43 heteroatoms. The molecule has 10 heterocycles. The van der Waals surface area contributed by atoms with Crippen molar-refractivity contribution >= 4 is 76.9 Å². The Hall–Kier alpha value is -5.70. The van der Waals surface area contributed by atoms with Gasteiger partial charge in [-0.05, 0) is 12.1 Å². The molecular formula is C38H50N16O23P4. The summed E-state index contributed by atoms with van der Waals surface area (Å²) in [5.41, 5.74) is 22.2. The van der Waals surface area contributed by atoms with Gasteiger partial charge < -0.3 is 71.5 Å². The Balaban J connectivity index is 0.828. The fourth-order valence-electron chi connectivity index (χ4n) is 9.16. The molecule has 0 amide bonds. The van der Waals surface area contributed by atoms with Gasteiger partial charge in [0.05, 0.1) is 45.2 Å². The minimum atomic E-state index is -5.38. The van der Waals surface area contributed by atoms with Crippen LogP contribution in [0.15, 0.2) is 59.4 Å². The summed E-state index contributed by atoms with van der Waals surface area (Å²) in [6, 6.07) is 2.50. The molecule has 0 aromatic carbocycles. The summed E-state index contributed by atoms with van der Waals surface area (Å²) in [5.74, 6) is -0.211. The summed E-state index contributed by atoms with van der Waals surface area (Å²) in [5, 5.41) is 10.9. The van der Waals surface area contributed by atoms with Crippen LogP contribution in [-0.2, 0) is 68.9 Å². The van der Waals surface area contributed by atoms with Crippen LogP contribution in [0.2, 0.25) is 0 Å². The fraction of sp³-hybridized carbons (Fsp3) is 0.526. The first-order valence-electron chi connectivity index (χ1n) is 23.8. The predicted molar refractivity (Wildman–Crippen MR) is 265 cm³/mol. The lowest BCUT2D eigenvalue weighted by Gasteiger charge is -2.25. The summed E-state index contributed by atoms with van der Waals surface area (Å²) >= 11 is 0. The van der Waals surface area contributed by atoms with E-state index in [0.29, 0.717) is 5.65 Å². The molecule has 440 valence electrons. The minimum absolute atomic E-state index is 0.0189. The van der Waals surface area contributed by atoms with E-state index >= 15 is 0 Å². The summed E-state index contributed by atoms with van der Waals surface area (Å²) in [7, 11) is -21.0. The van der Waals surface area contributed by atoms with Crippen LogP contribution in [0.1, 0.15) is 50.6 Å². The minimum Gasteiger partial charge on any atom is -0.390 e. The smallest absolute Gasteiger partial charge is 0.390 e. The summed E-state index contributed by atoms with van der Waals surface area (Å²) in [4.78, 5) is 109. The quantitative estimate of drug-likeness (QED) is 0.0351. The number of phosphoric ester groups is 4. The SMILES string of the molecule is Nc1ccn(C2CC(OP(=O)(O)OCC3OC(n4cnc5c(N)ncnc54)CC3OP(=O)(O)OCC3OC(n4ccc(N)nc4=O)CC3OP(=O)(O)OCC3OC(n4cnc5c(N)ncnc54)CC3O)C(COP(=O)(O)O)O2)c(=O)n1. The number of nitrogens with zero attached hydrogens (tertiary/aromatic N) is 12. The Morgan fingerprint density at radius 3 is 1.26 bits per heavy atom. The van der Waals surface area contributed by atoms with Gasteiger partial charge in [-0.25, -0.2) is 57.8 Å². The lowest BCUT2D eigenvalue weighted by atomic mass is 10.2. The van der Waals surface area contributed by atoms with Crippen LogP contribution >= 0.6 is 31.3 Å². The topological polar surface area (TPSA) is 552 Å². The number of rotatable bonds is 22. The first kappa shape index (κ1) is 58.5. The Morgan fingerprint density at radius 2 is 0.864 bits per heavy atom. The highest BCUT2D eigenvalue weighted by molar-refractivity contribution is 7.48. The number of aliphatic hydroxyl groups is 1. The molecule has 15 unspecified atom stereocenters. The van der Waals surface area contributed by atoms with Crippen LogP contribution in [0.5, 0.6) is 0 Å². The van der Waals surface area contributed by atoms with Crippen molar-refractivity contribution in [2.45, 2.75) is 99.4 Å². The van der Waals surface area contributed by atoms with Crippen LogP contribution < -0.4 is 34.3 Å². The number of anilines is 4. The molecule has 0 bridgehead atoms. The number of hydrogen-bond acceptors (Lipinski definition) is 30. The van der Waals surface area contributed by atoms with Gasteiger partial charge in [-0.3, -0.25) is 49.9 Å². The molecule has 81 heavy (non-hydrogen) atoms. The van der Waals surface area contributed by atoms with Gasteiger partial charge in [-0.1, -0.05) is 0 Å². The van der Waals surface area contributed by atoms with E-state index in [2.05, 4.69) is 44.4 Å². The molecule has 14 N–H and O–H groups in total. The number of imidazole rings is 2. The first-order valence-corrected chi connectivity index (χ1v) is 29.8. The van der Waals surface area contributed by atoms with Crippen molar-refractivity contribution in [1.29, 1.82) is 0 Å². The predicted octanol–water partition coefficient (Wildman–Crippen LogP) is -1.36. The van der Waals surface area contributed by atoms with Crippen molar-refractivity contribution in [3.63, 3.8) is 0 Å². The highest BCUT2D eigenvalue weighted by Crippen LogP contribution is 2.54. The van der Waals surface area contributed by atoms with Gasteiger partial charge in [0.2, 0.25) is 0 Å². The van der Waals surface area contributed by atoms with E-state index < -0.39 is 156 Å². The lowest BCUT2D eigenvalue weighted by molar-refractivity contribution is -0.0628. The van der Waals surface area contributed by atoms with Crippen LogP contribution in [-0.4, -0.2) is 163 Å². The van der Waals surface area contributed by atoms with E-state index in [1.54, 1.807) is 0 Å². The van der Waals surface area contributed by atoms with Crippen LogP contribution in [0, 0.1) is 0 Å². The maximum Gasteiger partial charge on any atom is 0.472 e. The summed E-state index contributed by atoms with van der Waals surface area (Å²) < 4.78 is 118. The fourth-order valence-corrected chi connectivity index (χ4v) is 12.4. The highest BCUT2D eigenvalue weighted by Gasteiger charge is 2.49. The molecule has 0 saturated carbocycles. The zero-order valence-electron chi connectivity index (χ0n) is 41.3. The van der Waals surface area contributed by atoms with Gasteiger partial charge in [0.15, 0.2) is 22.9 Å². The molecule has 6 aromatic heterocycles. The van der Waals surface area contributed by atoms with Gasteiger partial charge in [0.25, 0.3) is 0 Å². The zero-order chi connectivity index (χ0) is 57.8. The van der Waals surface area contributed by atoms with Crippen LogP contribution in [0.3, 0.4) is 0 Å².